The van der Waals surface area contributed by atoms with E-state index in [2.05, 4.69) is 26.1 Å². The second-order valence-electron chi connectivity index (χ2n) is 14.2. The Kier molecular flexibility index (Phi) is 8.64. The number of carbonyl (C=O) groups excluding carboxylic acids is 1. The van der Waals surface area contributed by atoms with Gasteiger partial charge in [-0.2, -0.15) is 0 Å². The van der Waals surface area contributed by atoms with Gasteiger partial charge < -0.3 is 10.4 Å². The van der Waals surface area contributed by atoms with Crippen LogP contribution in [0.3, 0.4) is 0 Å². The third-order valence-corrected chi connectivity index (χ3v) is 14.5. The van der Waals surface area contributed by atoms with Gasteiger partial charge in [-0.15, -0.1) is 0 Å². The van der Waals surface area contributed by atoms with Crippen LogP contribution in [-0.2, 0) is 24.8 Å². The van der Waals surface area contributed by atoms with Crippen LogP contribution in [0.5, 0.6) is 0 Å². The molecule has 4 aliphatic carbocycles. The minimum absolute atomic E-state index is 0.132. The third-order valence-electron chi connectivity index (χ3n) is 12.1. The number of hydrogen-bond donors (Lipinski definition) is 4. The number of sulfonamides is 2. The largest absolute Gasteiger partial charge is 0.393 e. The number of nitrogens with one attached hydrogen (secondary N) is 1. The van der Waals surface area contributed by atoms with Crippen molar-refractivity contribution in [2.75, 3.05) is 5.32 Å². The summed E-state index contributed by atoms with van der Waals surface area (Å²) < 4.78 is 48.0. The van der Waals surface area contributed by atoms with E-state index in [-0.39, 0.29) is 34.6 Å². The molecule has 42 heavy (non-hydrogen) atoms. The maximum atomic E-state index is 13.0. The van der Waals surface area contributed by atoms with Crippen molar-refractivity contribution in [1.82, 2.24) is 0 Å². The van der Waals surface area contributed by atoms with Gasteiger partial charge in [0.1, 0.15) is 9.79 Å². The first-order valence-corrected chi connectivity index (χ1v) is 18.8. The summed E-state index contributed by atoms with van der Waals surface area (Å²) in [5.41, 5.74) is 0.418. The van der Waals surface area contributed by atoms with Crippen LogP contribution in [0.15, 0.2) is 21.9 Å². The van der Waals surface area contributed by atoms with Gasteiger partial charge in [0.2, 0.25) is 26.0 Å². The molecule has 236 valence electrons. The number of fused-ring (bicyclic) bond motifs is 5. The number of aliphatic hydroxyl groups is 1. The van der Waals surface area contributed by atoms with Gasteiger partial charge in [-0.25, -0.2) is 27.1 Å². The van der Waals surface area contributed by atoms with E-state index in [4.69, 9.17) is 21.9 Å². The Morgan fingerprint density at radius 1 is 0.976 bits per heavy atom. The number of nitrogens with two attached hydrogens (primary N) is 2. The number of primary sulfonamides is 2. The number of aliphatic hydroxyl groups excluding tert-OH is 1. The van der Waals surface area contributed by atoms with E-state index < -0.39 is 29.8 Å². The molecular weight excluding hydrogens is 598 g/mol. The number of amides is 1. The van der Waals surface area contributed by atoms with Crippen LogP contribution in [0, 0.1) is 46.3 Å². The molecule has 4 aliphatic rings. The quantitative estimate of drug-likeness (QED) is 0.325. The van der Waals surface area contributed by atoms with Crippen molar-refractivity contribution in [3.8, 4) is 0 Å². The van der Waals surface area contributed by atoms with E-state index in [1.54, 1.807) is 0 Å². The fourth-order valence-corrected chi connectivity index (χ4v) is 11.9. The summed E-state index contributed by atoms with van der Waals surface area (Å²) in [5, 5.41) is 23.1. The monoisotopic (exact) mass is 643 g/mol. The molecule has 4 saturated carbocycles. The molecule has 0 saturated heterocycles. The second-order valence-corrected chi connectivity index (χ2v) is 17.7. The minimum atomic E-state index is -4.37. The Morgan fingerprint density at radius 3 is 2.29 bits per heavy atom. The van der Waals surface area contributed by atoms with Crippen LogP contribution in [-0.4, -0.2) is 34.0 Å². The molecule has 9 atom stereocenters. The molecular formula is C30H46ClN3O6S2. The van der Waals surface area contributed by atoms with Gasteiger partial charge in [0.25, 0.3) is 0 Å². The maximum absolute atomic E-state index is 13.0. The SMILES string of the molecule is C[C@H](CCC(=O)Nc1cc(Cl)c(S(N)(=O)=O)cc1S(N)(=O)=O)[C@H]1CC[C@H]2[C@@H]3CC[C@@H]4C[C@H](O)CC[C@]4(C)[C@H]3CC[C@]12C. The number of rotatable bonds is 7. The van der Waals surface area contributed by atoms with Gasteiger partial charge in [-0.3, -0.25) is 4.79 Å². The molecule has 0 aromatic heterocycles. The molecule has 1 amide bonds. The van der Waals surface area contributed by atoms with Crippen LogP contribution in [0.2, 0.25) is 5.02 Å². The molecule has 12 heteroatoms. The van der Waals surface area contributed by atoms with Gasteiger partial charge in [0.05, 0.1) is 16.8 Å². The number of hydrogen-bond acceptors (Lipinski definition) is 6. The molecule has 6 N–H and O–H groups in total. The van der Waals surface area contributed by atoms with Gasteiger partial charge >= 0.3 is 0 Å². The van der Waals surface area contributed by atoms with Gasteiger partial charge in [0, 0.05) is 6.42 Å². The molecule has 0 heterocycles. The summed E-state index contributed by atoms with van der Waals surface area (Å²) in [5.74, 6) is 3.24. The Morgan fingerprint density at radius 2 is 1.62 bits per heavy atom. The predicted molar refractivity (Wildman–Crippen MR) is 162 cm³/mol. The topological polar surface area (TPSA) is 170 Å². The lowest BCUT2D eigenvalue weighted by Crippen LogP contribution is -2.54. The standard InChI is InChI=1S/C30H46ClN3O6S2/c1-17(4-9-28(36)34-25-15-24(31)26(41(32,37)38)16-27(25)42(33,39)40)21-7-8-22-20-6-5-18-14-19(35)10-12-29(18,2)23(20)11-13-30(21,22)3/h15-23,35H,4-14H2,1-3H3,(H,34,36)(H2,32,37,38)(H2,33,39,40)/t17-,18-,19-,20+,21-,22+,23+,29+,30-/m1/s1. The fourth-order valence-electron chi connectivity index (χ4n) is 10.1. The zero-order chi connectivity index (χ0) is 30.8. The van der Waals surface area contributed by atoms with Crippen molar-refractivity contribution in [2.45, 2.75) is 107 Å². The smallest absolute Gasteiger partial charge is 0.240 e. The molecule has 1 aromatic carbocycles. The van der Waals surface area contributed by atoms with E-state index in [0.717, 1.165) is 49.7 Å². The zero-order valence-corrected chi connectivity index (χ0v) is 27.2. The van der Waals surface area contributed by atoms with Crippen molar-refractivity contribution < 1.29 is 26.7 Å². The number of benzene rings is 1. The summed E-state index contributed by atoms with van der Waals surface area (Å²) in [4.78, 5) is 11.9. The normalized spacial score (nSPS) is 37.3. The third kappa shape index (κ3) is 5.78. The molecule has 0 radical (unpaired) electrons. The van der Waals surface area contributed by atoms with Crippen molar-refractivity contribution >= 4 is 43.2 Å². The number of anilines is 1. The Balaban J connectivity index is 1.25. The number of carbonyl (C=O) groups is 1. The predicted octanol–water partition coefficient (Wildman–Crippen LogP) is 5.01. The van der Waals surface area contributed by atoms with Gasteiger partial charge in [-0.05, 0) is 123 Å². The van der Waals surface area contributed by atoms with E-state index in [0.29, 0.717) is 35.5 Å². The Labute approximate surface area is 255 Å². The highest BCUT2D eigenvalue weighted by molar-refractivity contribution is 7.90. The molecule has 5 rings (SSSR count). The second kappa shape index (κ2) is 11.3. The summed E-state index contributed by atoms with van der Waals surface area (Å²) in [6.07, 6.45) is 11.1. The lowest BCUT2D eigenvalue weighted by Gasteiger charge is -2.61. The van der Waals surface area contributed by atoms with E-state index >= 15 is 0 Å². The average Bonchev–Trinajstić information content (AvgIpc) is 3.23. The van der Waals surface area contributed by atoms with Crippen molar-refractivity contribution in [2.24, 2.45) is 56.6 Å². The lowest BCUT2D eigenvalue weighted by atomic mass is 9.44. The van der Waals surface area contributed by atoms with Gasteiger partial charge in [0.15, 0.2) is 0 Å². The first-order valence-electron chi connectivity index (χ1n) is 15.3. The van der Waals surface area contributed by atoms with E-state index in [9.17, 15) is 26.7 Å². The van der Waals surface area contributed by atoms with Gasteiger partial charge in [-0.1, -0.05) is 32.4 Å². The maximum Gasteiger partial charge on any atom is 0.240 e. The highest BCUT2D eigenvalue weighted by atomic mass is 35.5. The highest BCUT2D eigenvalue weighted by Crippen LogP contribution is 2.68. The van der Waals surface area contributed by atoms with Crippen LogP contribution in [0.4, 0.5) is 5.69 Å². The Bertz CT molecular complexity index is 1450. The Hall–Kier alpha value is -1.24. The highest BCUT2D eigenvalue weighted by Gasteiger charge is 2.60. The molecule has 0 bridgehead atoms. The first-order chi connectivity index (χ1) is 19.4. The molecule has 0 spiro atoms. The molecule has 9 nitrogen and oxygen atoms in total. The number of halogens is 1. The van der Waals surface area contributed by atoms with Crippen LogP contribution in [0.1, 0.15) is 91.4 Å². The summed E-state index contributed by atoms with van der Waals surface area (Å²) in [7, 11) is -8.68. The fraction of sp³-hybridized carbons (Fsp3) is 0.767. The zero-order valence-electron chi connectivity index (χ0n) is 24.8. The van der Waals surface area contributed by atoms with Crippen molar-refractivity contribution in [1.29, 1.82) is 0 Å². The molecule has 0 aliphatic heterocycles. The summed E-state index contributed by atoms with van der Waals surface area (Å²) in [6.45, 7) is 7.22. The van der Waals surface area contributed by atoms with Crippen LogP contribution < -0.4 is 15.6 Å². The molecule has 4 fully saturated rings. The van der Waals surface area contributed by atoms with Crippen LogP contribution >= 0.6 is 11.6 Å². The van der Waals surface area contributed by atoms with Crippen LogP contribution in [0.25, 0.3) is 0 Å². The van der Waals surface area contributed by atoms with E-state index in [1.165, 1.54) is 32.1 Å². The van der Waals surface area contributed by atoms with Crippen molar-refractivity contribution in [3.63, 3.8) is 0 Å². The van der Waals surface area contributed by atoms with E-state index in [1.807, 2.05) is 0 Å². The summed E-state index contributed by atoms with van der Waals surface area (Å²) >= 11 is 6.06. The molecule has 1 aromatic rings. The molecule has 0 unspecified atom stereocenters. The average molecular weight is 644 g/mol. The summed E-state index contributed by atoms with van der Waals surface area (Å²) in [6, 6.07) is 1.84. The first kappa shape index (κ1) is 32.2. The minimum Gasteiger partial charge on any atom is -0.393 e. The van der Waals surface area contributed by atoms with Crippen molar-refractivity contribution in [3.05, 3.63) is 17.2 Å². The lowest BCUT2D eigenvalue weighted by molar-refractivity contribution is -0.129.